The monoisotopic (exact) mass is 233 g/mol. The second kappa shape index (κ2) is 3.90. The minimum Gasteiger partial charge on any atom is -0.315 e. The molecule has 1 aromatic carbocycles. The third-order valence-corrected chi connectivity index (χ3v) is 4.93. The van der Waals surface area contributed by atoms with E-state index in [1.165, 1.54) is 11.3 Å². The van der Waals surface area contributed by atoms with Crippen LogP contribution in [0.25, 0.3) is 0 Å². The summed E-state index contributed by atoms with van der Waals surface area (Å²) in [5, 5.41) is 3.42. The molecule has 16 heavy (non-hydrogen) atoms. The van der Waals surface area contributed by atoms with Crippen LogP contribution in [0, 0.1) is 0 Å². The summed E-state index contributed by atoms with van der Waals surface area (Å²) in [6.45, 7) is 2.07. The van der Waals surface area contributed by atoms with Gasteiger partial charge < -0.3 is 5.32 Å². The minimum atomic E-state index is 0.129. The number of nitrogens with one attached hydrogen (secondary N) is 1. The van der Waals surface area contributed by atoms with Gasteiger partial charge in [0, 0.05) is 28.2 Å². The van der Waals surface area contributed by atoms with E-state index in [0.29, 0.717) is 12.2 Å². The standard InChI is InChI=1S/C13H15NOS/c15-11-8-13(6-3-7-14-9-13)16-12-5-2-1-4-10(11)12/h1-2,4-5,14H,3,6-9H2. The van der Waals surface area contributed by atoms with Gasteiger partial charge >= 0.3 is 0 Å². The van der Waals surface area contributed by atoms with Crippen LogP contribution in [-0.2, 0) is 0 Å². The van der Waals surface area contributed by atoms with Crippen molar-refractivity contribution >= 4 is 17.5 Å². The Morgan fingerprint density at radius 1 is 1.31 bits per heavy atom. The van der Waals surface area contributed by atoms with Gasteiger partial charge in [0.2, 0.25) is 0 Å². The number of carbonyl (C=O) groups excluding carboxylic acids is 1. The van der Waals surface area contributed by atoms with Crippen molar-refractivity contribution in [2.45, 2.75) is 28.9 Å². The summed E-state index contributed by atoms with van der Waals surface area (Å²) in [5.41, 5.74) is 0.920. The van der Waals surface area contributed by atoms with Crippen LogP contribution in [0.1, 0.15) is 29.6 Å². The molecule has 1 aromatic rings. The largest absolute Gasteiger partial charge is 0.315 e. The maximum Gasteiger partial charge on any atom is 0.165 e. The van der Waals surface area contributed by atoms with Crippen LogP contribution < -0.4 is 5.32 Å². The van der Waals surface area contributed by atoms with Crippen molar-refractivity contribution < 1.29 is 4.79 Å². The number of benzene rings is 1. The first kappa shape index (κ1) is 10.4. The van der Waals surface area contributed by atoms with E-state index in [-0.39, 0.29) is 4.75 Å². The summed E-state index contributed by atoms with van der Waals surface area (Å²) in [5.74, 6) is 0.318. The zero-order valence-corrected chi connectivity index (χ0v) is 9.98. The van der Waals surface area contributed by atoms with Crippen molar-refractivity contribution in [3.63, 3.8) is 0 Å². The van der Waals surface area contributed by atoms with Gasteiger partial charge in [-0.25, -0.2) is 0 Å². The van der Waals surface area contributed by atoms with Gasteiger partial charge in [-0.15, -0.1) is 11.8 Å². The van der Waals surface area contributed by atoms with Gasteiger partial charge in [-0.05, 0) is 25.5 Å². The van der Waals surface area contributed by atoms with E-state index in [1.54, 1.807) is 0 Å². The molecule has 1 spiro atoms. The Kier molecular flexibility index (Phi) is 2.52. The lowest BCUT2D eigenvalue weighted by atomic mass is 9.90. The molecular weight excluding hydrogens is 218 g/mol. The highest BCUT2D eigenvalue weighted by Gasteiger charge is 2.40. The molecule has 1 fully saturated rings. The topological polar surface area (TPSA) is 29.1 Å². The molecule has 1 N–H and O–H groups in total. The predicted octanol–water partition coefficient (Wildman–Crippen LogP) is 2.49. The number of piperidine rings is 1. The highest BCUT2D eigenvalue weighted by molar-refractivity contribution is 8.01. The normalized spacial score (nSPS) is 29.1. The number of hydrogen-bond acceptors (Lipinski definition) is 3. The number of hydrogen-bond donors (Lipinski definition) is 1. The number of rotatable bonds is 0. The molecule has 2 aliphatic heterocycles. The average Bonchev–Trinajstić information content (AvgIpc) is 2.30. The molecule has 1 unspecified atom stereocenters. The van der Waals surface area contributed by atoms with Crippen LogP contribution in [0.5, 0.6) is 0 Å². The van der Waals surface area contributed by atoms with E-state index in [9.17, 15) is 4.79 Å². The fraction of sp³-hybridized carbons (Fsp3) is 0.462. The Hall–Kier alpha value is -0.800. The first-order valence-electron chi connectivity index (χ1n) is 5.81. The molecule has 1 saturated heterocycles. The summed E-state index contributed by atoms with van der Waals surface area (Å²) >= 11 is 1.90. The van der Waals surface area contributed by atoms with Crippen LogP contribution in [0.4, 0.5) is 0 Å². The van der Waals surface area contributed by atoms with Crippen molar-refractivity contribution in [3.8, 4) is 0 Å². The summed E-state index contributed by atoms with van der Waals surface area (Å²) in [4.78, 5) is 13.3. The quantitative estimate of drug-likeness (QED) is 0.746. The second-order valence-corrected chi connectivity index (χ2v) is 6.17. The van der Waals surface area contributed by atoms with Crippen molar-refractivity contribution in [2.24, 2.45) is 0 Å². The van der Waals surface area contributed by atoms with Gasteiger partial charge in [0.15, 0.2) is 5.78 Å². The van der Waals surface area contributed by atoms with E-state index < -0.39 is 0 Å². The lowest BCUT2D eigenvalue weighted by Gasteiger charge is -2.39. The van der Waals surface area contributed by atoms with Gasteiger partial charge in [-0.1, -0.05) is 18.2 Å². The van der Waals surface area contributed by atoms with Crippen LogP contribution in [0.15, 0.2) is 29.2 Å². The molecule has 0 bridgehead atoms. The third-order valence-electron chi connectivity index (χ3n) is 3.43. The van der Waals surface area contributed by atoms with Gasteiger partial charge in [0.05, 0.1) is 0 Å². The Morgan fingerprint density at radius 2 is 2.19 bits per heavy atom. The molecule has 3 rings (SSSR count). The summed E-state index contributed by atoms with van der Waals surface area (Å²) in [6.07, 6.45) is 3.04. The average molecular weight is 233 g/mol. The Bertz CT molecular complexity index is 424. The molecule has 0 radical (unpaired) electrons. The SMILES string of the molecule is O=C1CC2(CCCNC2)Sc2ccccc21. The highest BCUT2D eigenvalue weighted by Crippen LogP contribution is 2.46. The number of ketones is 1. The maximum absolute atomic E-state index is 12.1. The van der Waals surface area contributed by atoms with Crippen LogP contribution in [0.3, 0.4) is 0 Å². The van der Waals surface area contributed by atoms with Crippen LogP contribution in [0.2, 0.25) is 0 Å². The first-order valence-corrected chi connectivity index (χ1v) is 6.63. The Labute approximate surface area is 99.8 Å². The maximum atomic E-state index is 12.1. The van der Waals surface area contributed by atoms with E-state index in [4.69, 9.17) is 0 Å². The van der Waals surface area contributed by atoms with E-state index in [0.717, 1.165) is 25.1 Å². The molecule has 2 heterocycles. The van der Waals surface area contributed by atoms with E-state index in [1.807, 2.05) is 30.0 Å². The fourth-order valence-corrected chi connectivity index (χ4v) is 4.15. The van der Waals surface area contributed by atoms with Gasteiger partial charge in [-0.2, -0.15) is 0 Å². The fourth-order valence-electron chi connectivity index (χ4n) is 2.62. The summed E-state index contributed by atoms with van der Waals surface area (Å²) < 4.78 is 0.129. The van der Waals surface area contributed by atoms with Gasteiger partial charge in [-0.3, -0.25) is 4.79 Å². The summed E-state index contributed by atoms with van der Waals surface area (Å²) in [7, 11) is 0. The molecule has 0 aliphatic carbocycles. The second-order valence-electron chi connectivity index (χ2n) is 4.66. The molecule has 2 aliphatic rings. The molecule has 0 amide bonds. The Morgan fingerprint density at radius 3 is 3.00 bits per heavy atom. The van der Waals surface area contributed by atoms with Crippen LogP contribution >= 0.6 is 11.8 Å². The number of thioether (sulfide) groups is 1. The molecule has 0 aromatic heterocycles. The van der Waals surface area contributed by atoms with Crippen LogP contribution in [-0.4, -0.2) is 23.6 Å². The van der Waals surface area contributed by atoms with Crippen molar-refractivity contribution in [3.05, 3.63) is 29.8 Å². The number of fused-ring (bicyclic) bond motifs is 1. The Balaban J connectivity index is 1.96. The molecule has 3 heteroatoms. The van der Waals surface area contributed by atoms with Gasteiger partial charge in [0.1, 0.15) is 0 Å². The van der Waals surface area contributed by atoms with E-state index in [2.05, 4.69) is 11.4 Å². The third kappa shape index (κ3) is 1.68. The molecule has 2 nitrogen and oxygen atoms in total. The highest BCUT2D eigenvalue weighted by atomic mass is 32.2. The predicted molar refractivity (Wildman–Crippen MR) is 66.1 cm³/mol. The first-order chi connectivity index (χ1) is 7.79. The lowest BCUT2D eigenvalue weighted by Crippen LogP contribution is -2.46. The number of Topliss-reactive ketones (excluding diaryl/α,β-unsaturated/α-hetero) is 1. The zero-order chi connectivity index (χ0) is 11.0. The molecule has 0 saturated carbocycles. The molecular formula is C13H15NOS. The lowest BCUT2D eigenvalue weighted by molar-refractivity contribution is 0.0956. The molecule has 84 valence electrons. The van der Waals surface area contributed by atoms with Crippen molar-refractivity contribution in [2.75, 3.05) is 13.1 Å². The smallest absolute Gasteiger partial charge is 0.165 e. The minimum absolute atomic E-state index is 0.129. The molecule has 1 atom stereocenters. The van der Waals surface area contributed by atoms with Gasteiger partial charge in [0.25, 0.3) is 0 Å². The zero-order valence-electron chi connectivity index (χ0n) is 9.16. The number of carbonyl (C=O) groups is 1. The van der Waals surface area contributed by atoms with Crippen molar-refractivity contribution in [1.82, 2.24) is 5.32 Å². The summed E-state index contributed by atoms with van der Waals surface area (Å²) in [6, 6.07) is 8.00. The van der Waals surface area contributed by atoms with E-state index >= 15 is 0 Å². The van der Waals surface area contributed by atoms with Crippen molar-refractivity contribution in [1.29, 1.82) is 0 Å².